The van der Waals surface area contributed by atoms with E-state index in [1.165, 1.54) is 0 Å². The summed E-state index contributed by atoms with van der Waals surface area (Å²) in [6.07, 6.45) is 0.586. The third-order valence-electron chi connectivity index (χ3n) is 5.16. The molecule has 0 saturated carbocycles. The molecule has 0 fully saturated rings. The van der Waals surface area contributed by atoms with Crippen LogP contribution in [0.1, 0.15) is 32.1 Å². The standard InChI is InChI=1S/C23H27ClN4O3/c1-4-20(21-26-19-9-7-6-8-18(19)22(29)27(21)5-2)28(14-15-31-3)23(30)25-17-12-10-16(24)11-13-17/h6-13,20H,4-5,14-15H2,1-3H3,(H,25,30). The van der Waals surface area contributed by atoms with Crippen molar-refractivity contribution in [2.45, 2.75) is 32.9 Å². The topological polar surface area (TPSA) is 76.5 Å². The molecule has 0 aliphatic heterocycles. The molecule has 31 heavy (non-hydrogen) atoms. The Balaban J connectivity index is 2.03. The molecule has 0 spiro atoms. The van der Waals surface area contributed by atoms with Crippen molar-refractivity contribution in [3.05, 3.63) is 69.7 Å². The Morgan fingerprint density at radius 1 is 1.19 bits per heavy atom. The second-order valence-electron chi connectivity index (χ2n) is 7.08. The lowest BCUT2D eigenvalue weighted by Crippen LogP contribution is -2.42. The highest BCUT2D eigenvalue weighted by atomic mass is 35.5. The number of fused-ring (bicyclic) bond motifs is 1. The average molecular weight is 443 g/mol. The van der Waals surface area contributed by atoms with Crippen molar-refractivity contribution >= 4 is 34.2 Å². The van der Waals surface area contributed by atoms with Crippen molar-refractivity contribution in [1.82, 2.24) is 14.5 Å². The molecule has 1 unspecified atom stereocenters. The third-order valence-corrected chi connectivity index (χ3v) is 5.41. The molecule has 2 aromatic carbocycles. The number of carbonyl (C=O) groups is 1. The molecule has 2 amide bonds. The van der Waals surface area contributed by atoms with E-state index in [0.717, 1.165) is 0 Å². The number of methoxy groups -OCH3 is 1. The van der Waals surface area contributed by atoms with Gasteiger partial charge >= 0.3 is 6.03 Å². The summed E-state index contributed by atoms with van der Waals surface area (Å²) in [6, 6.07) is 13.5. The lowest BCUT2D eigenvalue weighted by molar-refractivity contribution is 0.130. The van der Waals surface area contributed by atoms with E-state index in [9.17, 15) is 9.59 Å². The molecule has 0 radical (unpaired) electrons. The fourth-order valence-electron chi connectivity index (χ4n) is 3.60. The molecule has 8 heteroatoms. The number of amides is 2. The molecule has 3 aromatic rings. The van der Waals surface area contributed by atoms with Crippen LogP contribution in [0.3, 0.4) is 0 Å². The minimum atomic E-state index is -0.403. The second-order valence-corrected chi connectivity index (χ2v) is 7.52. The van der Waals surface area contributed by atoms with Gasteiger partial charge in [-0.05, 0) is 49.7 Å². The summed E-state index contributed by atoms with van der Waals surface area (Å²) in [7, 11) is 1.59. The molecule has 0 aliphatic rings. The van der Waals surface area contributed by atoms with Crippen molar-refractivity contribution in [2.75, 3.05) is 25.6 Å². The number of urea groups is 1. The Morgan fingerprint density at radius 3 is 2.55 bits per heavy atom. The van der Waals surface area contributed by atoms with Gasteiger partial charge in [-0.15, -0.1) is 0 Å². The summed E-state index contributed by atoms with van der Waals surface area (Å²) in [5.74, 6) is 0.566. The van der Waals surface area contributed by atoms with E-state index < -0.39 is 6.04 Å². The van der Waals surface area contributed by atoms with Crippen molar-refractivity contribution in [1.29, 1.82) is 0 Å². The maximum atomic E-state index is 13.2. The van der Waals surface area contributed by atoms with Gasteiger partial charge in [0.15, 0.2) is 0 Å². The largest absolute Gasteiger partial charge is 0.383 e. The molecular formula is C23H27ClN4O3. The van der Waals surface area contributed by atoms with Gasteiger partial charge in [0.2, 0.25) is 0 Å². The number of halogens is 1. The number of ether oxygens (including phenoxy) is 1. The number of nitrogens with zero attached hydrogens (tertiary/aromatic N) is 3. The van der Waals surface area contributed by atoms with Gasteiger partial charge in [0.05, 0.1) is 23.6 Å². The van der Waals surface area contributed by atoms with Gasteiger partial charge in [0, 0.05) is 30.9 Å². The second kappa shape index (κ2) is 10.4. The highest BCUT2D eigenvalue weighted by Gasteiger charge is 2.28. The predicted octanol–water partition coefficient (Wildman–Crippen LogP) is 4.70. The van der Waals surface area contributed by atoms with E-state index >= 15 is 0 Å². The lowest BCUT2D eigenvalue weighted by Gasteiger charge is -2.32. The van der Waals surface area contributed by atoms with Crippen LogP contribution in [-0.4, -0.2) is 40.7 Å². The van der Waals surface area contributed by atoms with Gasteiger partial charge in [-0.2, -0.15) is 0 Å². The zero-order valence-corrected chi connectivity index (χ0v) is 18.7. The van der Waals surface area contributed by atoms with Crippen molar-refractivity contribution < 1.29 is 9.53 Å². The quantitative estimate of drug-likeness (QED) is 0.548. The van der Waals surface area contributed by atoms with Crippen LogP contribution in [0.4, 0.5) is 10.5 Å². The average Bonchev–Trinajstić information content (AvgIpc) is 2.78. The number of benzene rings is 2. The first-order valence-electron chi connectivity index (χ1n) is 10.3. The Bertz CT molecular complexity index is 1100. The van der Waals surface area contributed by atoms with Crippen LogP contribution >= 0.6 is 11.6 Å². The molecule has 1 aromatic heterocycles. The van der Waals surface area contributed by atoms with Crippen LogP contribution in [0.15, 0.2) is 53.3 Å². The van der Waals surface area contributed by atoms with Gasteiger partial charge in [0.1, 0.15) is 5.82 Å². The number of aromatic nitrogens is 2. The fraction of sp³-hybridized carbons (Fsp3) is 0.348. The molecule has 1 heterocycles. The first kappa shape index (κ1) is 22.8. The number of nitrogens with one attached hydrogen (secondary N) is 1. The Labute approximate surface area is 186 Å². The van der Waals surface area contributed by atoms with E-state index in [2.05, 4.69) is 5.32 Å². The third kappa shape index (κ3) is 5.06. The predicted molar refractivity (Wildman–Crippen MR) is 124 cm³/mol. The van der Waals surface area contributed by atoms with Crippen LogP contribution in [0, 0.1) is 0 Å². The van der Waals surface area contributed by atoms with Crippen LogP contribution in [0.5, 0.6) is 0 Å². The van der Waals surface area contributed by atoms with Gasteiger partial charge in [-0.25, -0.2) is 9.78 Å². The number of anilines is 1. The van der Waals surface area contributed by atoms with Gasteiger partial charge in [0.25, 0.3) is 5.56 Å². The molecule has 3 rings (SSSR count). The van der Waals surface area contributed by atoms with E-state index in [1.807, 2.05) is 32.0 Å². The highest BCUT2D eigenvalue weighted by Crippen LogP contribution is 2.25. The minimum Gasteiger partial charge on any atom is -0.383 e. The molecule has 0 aliphatic carbocycles. The van der Waals surface area contributed by atoms with Gasteiger partial charge in [-0.3, -0.25) is 9.36 Å². The van der Waals surface area contributed by atoms with Crippen LogP contribution in [-0.2, 0) is 11.3 Å². The summed E-state index contributed by atoms with van der Waals surface area (Å²) in [5.41, 5.74) is 1.15. The Hall–Kier alpha value is -2.90. The minimum absolute atomic E-state index is 0.105. The SMILES string of the molecule is CCC(c1nc2ccccc2c(=O)n1CC)N(CCOC)C(=O)Nc1ccc(Cl)cc1. The van der Waals surface area contributed by atoms with E-state index in [-0.39, 0.29) is 11.6 Å². The Kier molecular flexibility index (Phi) is 7.65. The maximum absolute atomic E-state index is 13.2. The fourth-order valence-corrected chi connectivity index (χ4v) is 3.73. The van der Waals surface area contributed by atoms with Gasteiger partial charge in [-0.1, -0.05) is 30.7 Å². The van der Waals surface area contributed by atoms with E-state index in [0.29, 0.717) is 53.6 Å². The molecule has 7 nitrogen and oxygen atoms in total. The summed E-state index contributed by atoms with van der Waals surface area (Å²) in [4.78, 5) is 32.8. The summed E-state index contributed by atoms with van der Waals surface area (Å²) < 4.78 is 6.89. The number of rotatable bonds is 8. The number of carbonyl (C=O) groups excluding carboxylic acids is 1. The molecule has 164 valence electrons. The van der Waals surface area contributed by atoms with Crippen LogP contribution < -0.4 is 10.9 Å². The summed E-state index contributed by atoms with van der Waals surface area (Å²) in [6.45, 7) is 5.04. The van der Waals surface area contributed by atoms with Gasteiger partial charge < -0.3 is 15.0 Å². The van der Waals surface area contributed by atoms with E-state index in [4.69, 9.17) is 21.3 Å². The van der Waals surface area contributed by atoms with Crippen molar-refractivity contribution in [3.8, 4) is 0 Å². The first-order valence-corrected chi connectivity index (χ1v) is 10.7. The Morgan fingerprint density at radius 2 is 1.90 bits per heavy atom. The zero-order valence-electron chi connectivity index (χ0n) is 18.0. The summed E-state index contributed by atoms with van der Waals surface area (Å²) >= 11 is 5.95. The molecule has 1 atom stereocenters. The monoisotopic (exact) mass is 442 g/mol. The molecular weight excluding hydrogens is 416 g/mol. The number of hydrogen-bond acceptors (Lipinski definition) is 4. The number of para-hydroxylation sites is 1. The molecule has 0 bridgehead atoms. The van der Waals surface area contributed by atoms with Crippen molar-refractivity contribution in [3.63, 3.8) is 0 Å². The first-order chi connectivity index (χ1) is 15.0. The smallest absolute Gasteiger partial charge is 0.322 e. The highest BCUT2D eigenvalue weighted by molar-refractivity contribution is 6.30. The van der Waals surface area contributed by atoms with Crippen LogP contribution in [0.2, 0.25) is 5.02 Å². The van der Waals surface area contributed by atoms with E-state index in [1.54, 1.807) is 46.9 Å². The lowest BCUT2D eigenvalue weighted by atomic mass is 10.1. The molecule has 0 saturated heterocycles. The normalized spacial score (nSPS) is 12.0. The summed E-state index contributed by atoms with van der Waals surface area (Å²) in [5, 5.41) is 4.07. The maximum Gasteiger partial charge on any atom is 0.322 e. The number of hydrogen-bond donors (Lipinski definition) is 1. The van der Waals surface area contributed by atoms with Crippen molar-refractivity contribution in [2.24, 2.45) is 0 Å². The van der Waals surface area contributed by atoms with Crippen LogP contribution in [0.25, 0.3) is 10.9 Å². The zero-order chi connectivity index (χ0) is 22.4. The molecule has 1 N–H and O–H groups in total.